The van der Waals surface area contributed by atoms with Crippen LogP contribution < -0.4 is 10.2 Å². The average molecular weight is 510 g/mol. The number of urea groups is 1. The van der Waals surface area contributed by atoms with E-state index < -0.39 is 0 Å². The van der Waals surface area contributed by atoms with Crippen molar-refractivity contribution in [3.05, 3.63) is 90.4 Å². The van der Waals surface area contributed by atoms with Gasteiger partial charge in [0.2, 0.25) is 0 Å². The Kier molecular flexibility index (Phi) is 6.51. The summed E-state index contributed by atoms with van der Waals surface area (Å²) >= 11 is 1.83. The zero-order valence-electron chi connectivity index (χ0n) is 21.1. The highest BCUT2D eigenvalue weighted by Crippen LogP contribution is 2.51. The lowest BCUT2D eigenvalue weighted by molar-refractivity contribution is 0.245. The van der Waals surface area contributed by atoms with Gasteiger partial charge >= 0.3 is 6.03 Å². The number of thioether (sulfide) groups is 1. The number of carbonyl (C=O) groups is 1. The molecule has 3 aromatic carbocycles. The molecule has 1 N–H and O–H groups in total. The van der Waals surface area contributed by atoms with E-state index >= 15 is 0 Å². The summed E-state index contributed by atoms with van der Waals surface area (Å²) in [6.07, 6.45) is 7.87. The molecule has 1 aliphatic heterocycles. The third-order valence-corrected chi connectivity index (χ3v) is 8.63. The van der Waals surface area contributed by atoms with E-state index in [9.17, 15) is 4.79 Å². The van der Waals surface area contributed by atoms with Crippen LogP contribution in [0.1, 0.15) is 43.7 Å². The summed E-state index contributed by atoms with van der Waals surface area (Å²) in [5.41, 5.74) is 6.76. The molecule has 1 fully saturated rings. The van der Waals surface area contributed by atoms with Crippen molar-refractivity contribution in [3.8, 4) is 22.5 Å². The molecule has 37 heavy (non-hydrogen) atoms. The Morgan fingerprint density at radius 1 is 1.05 bits per heavy atom. The molecule has 0 unspecified atom stereocenters. The number of aromatic nitrogens is 1. The molecule has 0 radical (unpaired) electrons. The Morgan fingerprint density at radius 2 is 1.84 bits per heavy atom. The van der Waals surface area contributed by atoms with Crippen molar-refractivity contribution in [2.24, 2.45) is 0 Å². The molecule has 1 spiro atoms. The van der Waals surface area contributed by atoms with Crippen LogP contribution in [0.25, 0.3) is 22.5 Å². The molecule has 5 nitrogen and oxygen atoms in total. The Labute approximate surface area is 222 Å². The summed E-state index contributed by atoms with van der Waals surface area (Å²) < 4.78 is 5.62. The van der Waals surface area contributed by atoms with Crippen LogP contribution in [-0.4, -0.2) is 23.3 Å². The molecule has 2 amide bonds. The van der Waals surface area contributed by atoms with Gasteiger partial charge in [0.05, 0.1) is 6.20 Å². The van der Waals surface area contributed by atoms with Gasteiger partial charge in [-0.05, 0) is 65.1 Å². The second-order valence-electron chi connectivity index (χ2n) is 9.95. The van der Waals surface area contributed by atoms with Crippen LogP contribution in [0.15, 0.2) is 88.6 Å². The Morgan fingerprint density at radius 3 is 2.57 bits per heavy atom. The zero-order chi connectivity index (χ0) is 25.2. The monoisotopic (exact) mass is 509 g/mol. The van der Waals surface area contributed by atoms with Gasteiger partial charge < -0.3 is 9.73 Å². The lowest BCUT2D eigenvalue weighted by Gasteiger charge is -2.25. The number of amides is 2. The highest BCUT2D eigenvalue weighted by Gasteiger charge is 2.46. The van der Waals surface area contributed by atoms with Crippen LogP contribution in [0.3, 0.4) is 0 Å². The number of carbonyl (C=O) groups excluding carboxylic acids is 1. The minimum atomic E-state index is -0.0214. The fourth-order valence-corrected chi connectivity index (χ4v) is 6.60. The van der Waals surface area contributed by atoms with Crippen molar-refractivity contribution in [2.75, 3.05) is 17.2 Å². The molecular formula is C31H31N3O2S. The van der Waals surface area contributed by atoms with Crippen molar-refractivity contribution in [2.45, 2.75) is 49.5 Å². The van der Waals surface area contributed by atoms with Gasteiger partial charge in [-0.1, -0.05) is 62.2 Å². The largest absolute Gasteiger partial charge is 0.443 e. The SMILES string of the molecule is CCSc1ccc(CNC(=O)N2CC3(CCCC3)c3cc(-c4ccccc4-c4cnco4)ccc32)cc1. The van der Waals surface area contributed by atoms with Gasteiger partial charge in [0.25, 0.3) is 0 Å². The smallest absolute Gasteiger partial charge is 0.322 e. The standard InChI is InChI=1S/C31H31N3O2S/c1-2-37-24-12-9-22(10-13-24)18-33-30(35)34-20-31(15-5-6-16-31)27-17-23(11-14-28(27)34)25-7-3-4-8-26(25)29-19-32-21-36-29/h3-4,7-14,17,19,21H,2,5-6,15-16,18,20H2,1H3,(H,33,35). The number of benzene rings is 3. The Bertz CT molecular complexity index is 1390. The normalized spacial score (nSPS) is 15.8. The van der Waals surface area contributed by atoms with E-state index in [2.05, 4.69) is 77.9 Å². The Hall–Kier alpha value is -3.51. The number of anilines is 1. The predicted molar refractivity (Wildman–Crippen MR) is 150 cm³/mol. The second kappa shape index (κ2) is 10.1. The summed E-state index contributed by atoms with van der Waals surface area (Å²) in [5.74, 6) is 1.81. The summed E-state index contributed by atoms with van der Waals surface area (Å²) in [7, 11) is 0. The van der Waals surface area contributed by atoms with Gasteiger partial charge in [0, 0.05) is 34.7 Å². The summed E-state index contributed by atoms with van der Waals surface area (Å²) in [5, 5.41) is 3.17. The van der Waals surface area contributed by atoms with Crippen LogP contribution >= 0.6 is 11.8 Å². The van der Waals surface area contributed by atoms with Crippen molar-refractivity contribution in [1.82, 2.24) is 10.3 Å². The van der Waals surface area contributed by atoms with Crippen molar-refractivity contribution in [3.63, 3.8) is 0 Å². The minimum absolute atomic E-state index is 0.0214. The molecule has 1 saturated carbocycles. The first-order chi connectivity index (χ1) is 18.2. The van der Waals surface area contributed by atoms with E-state index in [1.807, 2.05) is 22.7 Å². The maximum absolute atomic E-state index is 13.4. The first-order valence-corrected chi connectivity index (χ1v) is 14.1. The van der Waals surface area contributed by atoms with Gasteiger partial charge in [-0.2, -0.15) is 0 Å². The fourth-order valence-electron chi connectivity index (χ4n) is 5.94. The number of fused-ring (bicyclic) bond motifs is 2. The number of nitrogens with one attached hydrogen (secondary N) is 1. The molecule has 4 aromatic rings. The van der Waals surface area contributed by atoms with E-state index in [0.29, 0.717) is 6.54 Å². The topological polar surface area (TPSA) is 58.4 Å². The van der Waals surface area contributed by atoms with E-state index in [-0.39, 0.29) is 11.4 Å². The first-order valence-electron chi connectivity index (χ1n) is 13.1. The average Bonchev–Trinajstić information content (AvgIpc) is 3.70. The second-order valence-corrected chi connectivity index (χ2v) is 11.3. The van der Waals surface area contributed by atoms with Gasteiger partial charge in [-0.25, -0.2) is 9.78 Å². The molecule has 1 aromatic heterocycles. The molecule has 188 valence electrons. The number of hydrogen-bond acceptors (Lipinski definition) is 4. The fraction of sp³-hybridized carbons (Fsp3) is 0.290. The van der Waals surface area contributed by atoms with E-state index in [0.717, 1.165) is 58.8 Å². The van der Waals surface area contributed by atoms with E-state index in [1.165, 1.54) is 29.7 Å². The van der Waals surface area contributed by atoms with Crippen molar-refractivity contribution in [1.29, 1.82) is 0 Å². The zero-order valence-corrected chi connectivity index (χ0v) is 21.9. The number of oxazole rings is 1. The van der Waals surface area contributed by atoms with Crippen LogP contribution in [-0.2, 0) is 12.0 Å². The summed E-state index contributed by atoms with van der Waals surface area (Å²) in [6.45, 7) is 3.42. The van der Waals surface area contributed by atoms with Gasteiger partial charge in [-0.15, -0.1) is 11.8 Å². The quantitative estimate of drug-likeness (QED) is 0.271. The van der Waals surface area contributed by atoms with E-state index in [1.54, 1.807) is 6.20 Å². The van der Waals surface area contributed by atoms with Crippen LogP contribution in [0, 0.1) is 0 Å². The maximum Gasteiger partial charge on any atom is 0.322 e. The van der Waals surface area contributed by atoms with E-state index in [4.69, 9.17) is 4.42 Å². The predicted octanol–water partition coefficient (Wildman–Crippen LogP) is 7.66. The molecule has 6 rings (SSSR count). The number of rotatable bonds is 6. The molecule has 2 aliphatic rings. The number of nitrogens with zero attached hydrogens (tertiary/aromatic N) is 2. The lowest BCUT2D eigenvalue weighted by atomic mass is 9.79. The molecule has 0 bridgehead atoms. The molecule has 0 saturated heterocycles. The third kappa shape index (κ3) is 4.55. The maximum atomic E-state index is 13.4. The molecular weight excluding hydrogens is 478 g/mol. The van der Waals surface area contributed by atoms with Crippen LogP contribution in [0.2, 0.25) is 0 Å². The number of hydrogen-bond donors (Lipinski definition) is 1. The molecule has 6 heteroatoms. The highest BCUT2D eigenvalue weighted by molar-refractivity contribution is 7.99. The van der Waals surface area contributed by atoms with Crippen molar-refractivity contribution >= 4 is 23.5 Å². The summed E-state index contributed by atoms with van der Waals surface area (Å²) in [4.78, 5) is 20.8. The Balaban J connectivity index is 1.28. The first kappa shape index (κ1) is 23.9. The van der Waals surface area contributed by atoms with Gasteiger partial charge in [0.15, 0.2) is 12.2 Å². The minimum Gasteiger partial charge on any atom is -0.443 e. The molecule has 2 heterocycles. The van der Waals surface area contributed by atoms with Crippen LogP contribution in [0.5, 0.6) is 0 Å². The highest BCUT2D eigenvalue weighted by atomic mass is 32.2. The lowest BCUT2D eigenvalue weighted by Crippen LogP contribution is -2.41. The van der Waals surface area contributed by atoms with Gasteiger partial charge in [0.1, 0.15) is 0 Å². The van der Waals surface area contributed by atoms with Crippen molar-refractivity contribution < 1.29 is 9.21 Å². The summed E-state index contributed by atoms with van der Waals surface area (Å²) in [6, 6.07) is 23.3. The van der Waals surface area contributed by atoms with Gasteiger partial charge in [-0.3, -0.25) is 4.90 Å². The molecule has 1 aliphatic carbocycles. The molecule has 0 atom stereocenters. The van der Waals surface area contributed by atoms with Crippen LogP contribution in [0.4, 0.5) is 10.5 Å². The third-order valence-electron chi connectivity index (χ3n) is 7.74.